The molecule has 1 rings (SSSR count). The van der Waals surface area contributed by atoms with Gasteiger partial charge in [0.05, 0.1) is 25.4 Å². The molecule has 0 spiro atoms. The van der Waals surface area contributed by atoms with E-state index in [1.807, 2.05) is 6.08 Å². The number of hydrogen-bond donors (Lipinski definition) is 7. The monoisotopic (exact) mass is 1020 g/mol. The molecule has 1 heterocycles. The number of nitrogens with one attached hydrogen (secondary N) is 1. The van der Waals surface area contributed by atoms with Gasteiger partial charge in [-0.25, -0.2) is 0 Å². The molecule has 0 aromatic rings. The van der Waals surface area contributed by atoms with Gasteiger partial charge >= 0.3 is 0 Å². The van der Waals surface area contributed by atoms with Crippen LogP contribution in [0.25, 0.3) is 0 Å². The van der Waals surface area contributed by atoms with E-state index >= 15 is 0 Å². The highest BCUT2D eigenvalue weighted by atomic mass is 16.7. The molecule has 1 aliphatic heterocycles. The number of hydrogen-bond acceptors (Lipinski definition) is 9. The van der Waals surface area contributed by atoms with Crippen LogP contribution in [0.5, 0.6) is 0 Å². The molecule has 8 atom stereocenters. The summed E-state index contributed by atoms with van der Waals surface area (Å²) in [4.78, 5) is 13.2. The minimum atomic E-state index is -1.61. The van der Waals surface area contributed by atoms with Gasteiger partial charge in [0.1, 0.15) is 30.5 Å². The van der Waals surface area contributed by atoms with Crippen molar-refractivity contribution in [3.63, 3.8) is 0 Å². The van der Waals surface area contributed by atoms with Gasteiger partial charge in [-0.3, -0.25) is 4.79 Å². The summed E-state index contributed by atoms with van der Waals surface area (Å²) in [6.07, 6.45) is 55.8. The normalized spacial score (nSPS) is 19.7. The minimum Gasteiger partial charge on any atom is -0.394 e. The topological polar surface area (TPSA) is 169 Å². The van der Waals surface area contributed by atoms with Crippen LogP contribution in [0.15, 0.2) is 24.3 Å². The van der Waals surface area contributed by atoms with Crippen LogP contribution in [-0.2, 0) is 14.3 Å². The number of ether oxygens (including phenoxy) is 2. The first kappa shape index (κ1) is 68.6. The molecule has 0 aliphatic carbocycles. The maximum absolute atomic E-state index is 13.2. The van der Waals surface area contributed by atoms with Gasteiger partial charge in [-0.1, -0.05) is 282 Å². The Morgan fingerprint density at radius 3 is 1.17 bits per heavy atom. The van der Waals surface area contributed by atoms with Gasteiger partial charge in [-0.2, -0.15) is 0 Å². The lowest BCUT2D eigenvalue weighted by Gasteiger charge is -2.40. The lowest BCUT2D eigenvalue weighted by atomic mass is 9.99. The van der Waals surface area contributed by atoms with Crippen LogP contribution in [0.3, 0.4) is 0 Å². The van der Waals surface area contributed by atoms with Crippen molar-refractivity contribution in [1.29, 1.82) is 0 Å². The third kappa shape index (κ3) is 40.0. The maximum atomic E-state index is 13.2. The summed E-state index contributed by atoms with van der Waals surface area (Å²) in [6.45, 7) is 3.65. The van der Waals surface area contributed by atoms with Gasteiger partial charge in [0.2, 0.25) is 5.91 Å². The van der Waals surface area contributed by atoms with Crippen molar-refractivity contribution in [1.82, 2.24) is 5.32 Å². The van der Waals surface area contributed by atoms with E-state index in [0.717, 1.165) is 44.9 Å². The molecule has 1 fully saturated rings. The van der Waals surface area contributed by atoms with E-state index in [4.69, 9.17) is 9.47 Å². The van der Waals surface area contributed by atoms with Gasteiger partial charge < -0.3 is 45.4 Å². The van der Waals surface area contributed by atoms with Crippen LogP contribution >= 0.6 is 0 Å². The van der Waals surface area contributed by atoms with Crippen molar-refractivity contribution < 1.29 is 44.9 Å². The van der Waals surface area contributed by atoms with Crippen molar-refractivity contribution in [3.8, 4) is 0 Å². The number of unbranched alkanes of at least 4 members (excludes halogenated alkanes) is 41. The average Bonchev–Trinajstić information content (AvgIpc) is 3.38. The Hall–Kier alpha value is -1.37. The Bertz CT molecular complexity index is 1200. The van der Waals surface area contributed by atoms with Gasteiger partial charge in [0.15, 0.2) is 6.29 Å². The highest BCUT2D eigenvalue weighted by Crippen LogP contribution is 2.23. The first-order valence-corrected chi connectivity index (χ1v) is 31.2. The smallest absolute Gasteiger partial charge is 0.249 e. The fraction of sp³-hybridized carbons (Fsp3) is 0.919. The van der Waals surface area contributed by atoms with Crippen LogP contribution in [-0.4, -0.2) is 98.7 Å². The summed E-state index contributed by atoms with van der Waals surface area (Å²) in [7, 11) is 0. The second kappa shape index (κ2) is 51.7. The summed E-state index contributed by atoms with van der Waals surface area (Å²) in [5.41, 5.74) is 0. The molecular formula is C62H119NO9. The Balaban J connectivity index is 2.19. The highest BCUT2D eigenvalue weighted by Gasteiger charge is 2.44. The molecule has 8 unspecified atom stereocenters. The molecule has 1 saturated heterocycles. The summed E-state index contributed by atoms with van der Waals surface area (Å²) in [5, 5.41) is 65.1. The Kier molecular flexibility index (Phi) is 49.3. The molecular weight excluding hydrogens is 903 g/mol. The first-order valence-electron chi connectivity index (χ1n) is 31.2. The zero-order valence-electron chi connectivity index (χ0n) is 47.1. The van der Waals surface area contributed by atoms with Crippen LogP contribution in [0.1, 0.15) is 303 Å². The van der Waals surface area contributed by atoms with E-state index in [9.17, 15) is 35.4 Å². The Morgan fingerprint density at radius 2 is 0.806 bits per heavy atom. The molecule has 426 valence electrons. The Labute approximate surface area is 443 Å². The number of rotatable bonds is 54. The van der Waals surface area contributed by atoms with Crippen molar-refractivity contribution in [2.24, 2.45) is 0 Å². The number of aliphatic hydroxyl groups excluding tert-OH is 6. The fourth-order valence-corrected chi connectivity index (χ4v) is 10.1. The third-order valence-electron chi connectivity index (χ3n) is 15.1. The lowest BCUT2D eigenvalue weighted by molar-refractivity contribution is -0.302. The maximum Gasteiger partial charge on any atom is 0.249 e. The van der Waals surface area contributed by atoms with Gasteiger partial charge in [0, 0.05) is 0 Å². The van der Waals surface area contributed by atoms with Gasteiger partial charge in [0.25, 0.3) is 0 Å². The summed E-state index contributed by atoms with van der Waals surface area (Å²) >= 11 is 0. The molecule has 0 bridgehead atoms. The molecule has 72 heavy (non-hydrogen) atoms. The molecule has 0 radical (unpaired) electrons. The van der Waals surface area contributed by atoms with Gasteiger partial charge in [-0.05, 0) is 44.9 Å². The van der Waals surface area contributed by atoms with Crippen molar-refractivity contribution >= 4 is 5.91 Å². The molecule has 1 aliphatic rings. The van der Waals surface area contributed by atoms with E-state index < -0.39 is 61.5 Å². The van der Waals surface area contributed by atoms with Crippen molar-refractivity contribution in [2.75, 3.05) is 13.2 Å². The van der Waals surface area contributed by atoms with Crippen LogP contribution in [0.4, 0.5) is 0 Å². The molecule has 1 amide bonds. The number of carbonyl (C=O) groups excluding carboxylic acids is 1. The minimum absolute atomic E-state index is 0.302. The Morgan fingerprint density at radius 1 is 0.472 bits per heavy atom. The zero-order chi connectivity index (χ0) is 52.4. The zero-order valence-corrected chi connectivity index (χ0v) is 47.1. The third-order valence-corrected chi connectivity index (χ3v) is 15.1. The predicted molar refractivity (Wildman–Crippen MR) is 301 cm³/mol. The van der Waals surface area contributed by atoms with Crippen LogP contribution in [0, 0.1) is 0 Å². The summed E-state index contributed by atoms with van der Waals surface area (Å²) in [6, 6.07) is -0.979. The van der Waals surface area contributed by atoms with E-state index in [1.54, 1.807) is 6.08 Å². The summed E-state index contributed by atoms with van der Waals surface area (Å²) in [5.74, 6) is -0.611. The van der Waals surface area contributed by atoms with Crippen molar-refractivity contribution in [2.45, 2.75) is 352 Å². The second-order valence-corrected chi connectivity index (χ2v) is 22.0. The fourth-order valence-electron chi connectivity index (χ4n) is 10.1. The molecule has 0 aromatic heterocycles. The molecule has 0 aromatic carbocycles. The first-order chi connectivity index (χ1) is 35.3. The van der Waals surface area contributed by atoms with Crippen LogP contribution in [0.2, 0.25) is 0 Å². The number of carbonyl (C=O) groups is 1. The molecule has 0 saturated carbocycles. The molecule has 10 heteroatoms. The SMILES string of the molecule is CCCCCCCCCCCCCC/C=C\CCCCCCCCCCCCCCCCC(O)C(=O)NC(COC1OC(CO)C(O)C(O)C1O)C(O)/C=C/CCCCCCCCCCCCCCCCC. The standard InChI is InChI=1S/C62H119NO9/c1-3-5-7-9-11-13-15-17-19-21-22-23-24-25-26-27-28-29-30-31-32-33-35-37-39-41-43-45-47-49-51-56(66)61(70)63-54(53-71-62-60(69)59(68)58(67)57(52-64)72-62)55(65)50-48-46-44-42-40-38-36-34-20-18-16-14-12-10-8-6-4-2/h25-26,48,50,54-60,62,64-69H,3-24,27-47,49,51-53H2,1-2H3,(H,63,70)/b26-25-,50-48+. The van der Waals surface area contributed by atoms with Crippen molar-refractivity contribution in [3.05, 3.63) is 24.3 Å². The largest absolute Gasteiger partial charge is 0.394 e. The van der Waals surface area contributed by atoms with E-state index in [0.29, 0.717) is 6.42 Å². The number of amides is 1. The van der Waals surface area contributed by atoms with E-state index in [-0.39, 0.29) is 6.61 Å². The summed E-state index contributed by atoms with van der Waals surface area (Å²) < 4.78 is 11.2. The van der Waals surface area contributed by atoms with Crippen LogP contribution < -0.4 is 5.32 Å². The number of allylic oxidation sites excluding steroid dienone is 3. The molecule has 10 nitrogen and oxygen atoms in total. The predicted octanol–water partition coefficient (Wildman–Crippen LogP) is 14.7. The number of aliphatic hydroxyl groups is 6. The second-order valence-electron chi connectivity index (χ2n) is 22.0. The quantitative estimate of drug-likeness (QED) is 0.0232. The van der Waals surface area contributed by atoms with E-state index in [2.05, 4.69) is 31.3 Å². The van der Waals surface area contributed by atoms with E-state index in [1.165, 1.54) is 238 Å². The lowest BCUT2D eigenvalue weighted by Crippen LogP contribution is -2.60. The average molecular weight is 1020 g/mol. The highest BCUT2D eigenvalue weighted by molar-refractivity contribution is 5.80. The molecule has 7 N–H and O–H groups in total. The van der Waals surface area contributed by atoms with Gasteiger partial charge in [-0.15, -0.1) is 0 Å².